The lowest BCUT2D eigenvalue weighted by molar-refractivity contribution is -0.141. The van der Waals surface area contributed by atoms with Gasteiger partial charge >= 0.3 is 5.97 Å². The highest BCUT2D eigenvalue weighted by Gasteiger charge is 2.35. The van der Waals surface area contributed by atoms with E-state index in [0.717, 1.165) is 10.6 Å². The van der Waals surface area contributed by atoms with E-state index in [1.807, 2.05) is 30.5 Å². The van der Waals surface area contributed by atoms with E-state index < -0.39 is 11.9 Å². The van der Waals surface area contributed by atoms with E-state index in [-0.39, 0.29) is 24.8 Å². The van der Waals surface area contributed by atoms with Crippen LogP contribution in [0.3, 0.4) is 0 Å². The van der Waals surface area contributed by atoms with Crippen molar-refractivity contribution in [2.75, 3.05) is 31.4 Å². The first-order chi connectivity index (χ1) is 10.5. The van der Waals surface area contributed by atoms with Gasteiger partial charge in [-0.05, 0) is 30.5 Å². The Kier molecular flexibility index (Phi) is 5.43. The fourth-order valence-electron chi connectivity index (χ4n) is 2.27. The van der Waals surface area contributed by atoms with E-state index in [4.69, 9.17) is 0 Å². The van der Waals surface area contributed by atoms with Crippen LogP contribution in [0.15, 0.2) is 29.2 Å². The fraction of sp³-hybridized carbons (Fsp3) is 0.400. The molecule has 1 aliphatic rings. The van der Waals surface area contributed by atoms with Gasteiger partial charge in [-0.15, -0.1) is 11.8 Å². The summed E-state index contributed by atoms with van der Waals surface area (Å²) in [5.74, 6) is -1.35. The molecule has 0 radical (unpaired) electrons. The molecule has 0 unspecified atom stereocenters. The van der Waals surface area contributed by atoms with Crippen LogP contribution >= 0.6 is 11.8 Å². The monoisotopic (exact) mass is 322 g/mol. The molecule has 0 spiro atoms. The standard InChI is InChI=1S/C15H18N2O4S/c1-21-14(19)8-16-15(20)10-7-13(18)17(9-10)11-3-5-12(22-2)6-4-11/h3-6,10H,7-9H2,1-2H3,(H,16,20)/t10-/m1/s1. The number of carbonyl (C=O) groups is 3. The van der Waals surface area contributed by atoms with Gasteiger partial charge in [-0.1, -0.05) is 0 Å². The minimum Gasteiger partial charge on any atom is -0.468 e. The predicted molar refractivity (Wildman–Crippen MR) is 83.7 cm³/mol. The third-order valence-corrected chi connectivity index (χ3v) is 4.26. The highest BCUT2D eigenvalue weighted by Crippen LogP contribution is 2.27. The van der Waals surface area contributed by atoms with E-state index >= 15 is 0 Å². The van der Waals surface area contributed by atoms with Gasteiger partial charge in [0, 0.05) is 23.5 Å². The normalized spacial score (nSPS) is 17.5. The lowest BCUT2D eigenvalue weighted by atomic mass is 10.1. The zero-order chi connectivity index (χ0) is 16.1. The van der Waals surface area contributed by atoms with Crippen molar-refractivity contribution in [3.63, 3.8) is 0 Å². The van der Waals surface area contributed by atoms with E-state index in [0.29, 0.717) is 6.54 Å². The number of amides is 2. The topological polar surface area (TPSA) is 75.7 Å². The summed E-state index contributed by atoms with van der Waals surface area (Å²) in [6.45, 7) is 0.146. The Morgan fingerprint density at radius 1 is 1.36 bits per heavy atom. The van der Waals surface area contributed by atoms with Crippen LogP contribution in [0.25, 0.3) is 0 Å². The number of benzene rings is 1. The van der Waals surface area contributed by atoms with Crippen molar-refractivity contribution in [2.24, 2.45) is 5.92 Å². The number of carbonyl (C=O) groups excluding carboxylic acids is 3. The molecule has 1 heterocycles. The molecule has 22 heavy (non-hydrogen) atoms. The minimum atomic E-state index is -0.512. The summed E-state index contributed by atoms with van der Waals surface area (Å²) < 4.78 is 4.46. The molecule has 0 saturated carbocycles. The zero-order valence-corrected chi connectivity index (χ0v) is 13.3. The zero-order valence-electron chi connectivity index (χ0n) is 12.5. The second kappa shape index (κ2) is 7.31. The SMILES string of the molecule is COC(=O)CNC(=O)[C@@H]1CC(=O)N(c2ccc(SC)cc2)C1. The van der Waals surface area contributed by atoms with Gasteiger partial charge in [0.25, 0.3) is 0 Å². The summed E-state index contributed by atoms with van der Waals surface area (Å²) in [4.78, 5) is 37.8. The maximum absolute atomic E-state index is 12.1. The number of ether oxygens (including phenoxy) is 1. The molecule has 1 saturated heterocycles. The summed E-state index contributed by atoms with van der Waals surface area (Å²) in [5.41, 5.74) is 0.783. The number of nitrogens with one attached hydrogen (secondary N) is 1. The highest BCUT2D eigenvalue weighted by molar-refractivity contribution is 7.98. The maximum Gasteiger partial charge on any atom is 0.325 e. The van der Waals surface area contributed by atoms with Gasteiger partial charge in [0.2, 0.25) is 11.8 Å². The van der Waals surface area contributed by atoms with Crippen molar-refractivity contribution in [2.45, 2.75) is 11.3 Å². The van der Waals surface area contributed by atoms with E-state index in [1.54, 1.807) is 16.7 Å². The Labute approximate surface area is 133 Å². The largest absolute Gasteiger partial charge is 0.468 e. The third-order valence-electron chi connectivity index (χ3n) is 3.51. The van der Waals surface area contributed by atoms with Crippen LogP contribution in [0.4, 0.5) is 5.69 Å². The third kappa shape index (κ3) is 3.79. The molecule has 0 aliphatic carbocycles. The molecular weight excluding hydrogens is 304 g/mol. The molecule has 2 amide bonds. The van der Waals surface area contributed by atoms with Gasteiger partial charge in [-0.2, -0.15) is 0 Å². The van der Waals surface area contributed by atoms with Crippen LogP contribution in [0.2, 0.25) is 0 Å². The first-order valence-corrected chi connectivity index (χ1v) is 8.06. The Bertz CT molecular complexity index is 573. The second-order valence-electron chi connectivity index (χ2n) is 4.90. The van der Waals surface area contributed by atoms with Crippen molar-refractivity contribution in [1.82, 2.24) is 5.32 Å². The molecule has 0 bridgehead atoms. The highest BCUT2D eigenvalue weighted by atomic mass is 32.2. The first-order valence-electron chi connectivity index (χ1n) is 6.84. The maximum atomic E-state index is 12.1. The quantitative estimate of drug-likeness (QED) is 0.648. The molecule has 6 nitrogen and oxygen atoms in total. The molecular formula is C15H18N2O4S. The summed E-state index contributed by atoms with van der Waals surface area (Å²) in [5, 5.41) is 2.49. The van der Waals surface area contributed by atoms with Gasteiger partial charge in [0.15, 0.2) is 0 Å². The molecule has 1 aromatic carbocycles. The summed E-state index contributed by atoms with van der Waals surface area (Å²) in [6, 6.07) is 7.63. The molecule has 2 rings (SSSR count). The number of nitrogens with zero attached hydrogens (tertiary/aromatic N) is 1. The molecule has 1 aromatic rings. The molecule has 1 fully saturated rings. The van der Waals surface area contributed by atoms with Crippen molar-refractivity contribution in [3.8, 4) is 0 Å². The van der Waals surface area contributed by atoms with E-state index in [9.17, 15) is 14.4 Å². The number of hydrogen-bond donors (Lipinski definition) is 1. The second-order valence-corrected chi connectivity index (χ2v) is 5.78. The number of hydrogen-bond acceptors (Lipinski definition) is 5. The van der Waals surface area contributed by atoms with Gasteiger partial charge in [0.05, 0.1) is 13.0 Å². The van der Waals surface area contributed by atoms with Gasteiger partial charge in [-0.25, -0.2) is 0 Å². The van der Waals surface area contributed by atoms with E-state index in [1.165, 1.54) is 7.11 Å². The van der Waals surface area contributed by atoms with Crippen molar-refractivity contribution in [3.05, 3.63) is 24.3 Å². The lowest BCUT2D eigenvalue weighted by Crippen LogP contribution is -2.36. The molecule has 1 N–H and O–H groups in total. The Morgan fingerprint density at radius 3 is 2.64 bits per heavy atom. The lowest BCUT2D eigenvalue weighted by Gasteiger charge is -2.17. The molecule has 1 atom stereocenters. The number of methoxy groups -OCH3 is 1. The van der Waals surface area contributed by atoms with Gasteiger partial charge < -0.3 is 15.0 Å². The number of anilines is 1. The Hall–Kier alpha value is -2.02. The minimum absolute atomic E-state index is 0.0879. The average molecular weight is 322 g/mol. The van der Waals surface area contributed by atoms with Crippen LogP contribution in [-0.2, 0) is 19.1 Å². The van der Waals surface area contributed by atoms with Crippen LogP contribution < -0.4 is 10.2 Å². The van der Waals surface area contributed by atoms with Crippen molar-refractivity contribution < 1.29 is 19.1 Å². The van der Waals surface area contributed by atoms with Crippen LogP contribution in [0.1, 0.15) is 6.42 Å². The Morgan fingerprint density at radius 2 is 2.05 bits per heavy atom. The molecule has 7 heteroatoms. The average Bonchev–Trinajstić information content (AvgIpc) is 2.94. The van der Waals surface area contributed by atoms with Gasteiger partial charge in [0.1, 0.15) is 6.54 Å². The molecule has 1 aliphatic heterocycles. The predicted octanol–water partition coefficient (Wildman–Crippen LogP) is 1.05. The smallest absolute Gasteiger partial charge is 0.325 e. The Balaban J connectivity index is 1.97. The summed E-state index contributed by atoms with van der Waals surface area (Å²) >= 11 is 1.63. The number of thioether (sulfide) groups is 1. The fourth-order valence-corrected chi connectivity index (χ4v) is 2.68. The van der Waals surface area contributed by atoms with Crippen molar-refractivity contribution >= 4 is 35.2 Å². The van der Waals surface area contributed by atoms with Gasteiger partial charge in [-0.3, -0.25) is 14.4 Å². The number of rotatable bonds is 5. The van der Waals surface area contributed by atoms with Crippen LogP contribution in [-0.4, -0.2) is 44.2 Å². The summed E-state index contributed by atoms with van der Waals surface area (Å²) in [6.07, 6.45) is 2.13. The van der Waals surface area contributed by atoms with Crippen molar-refractivity contribution in [1.29, 1.82) is 0 Å². The van der Waals surface area contributed by atoms with Crippen LogP contribution in [0, 0.1) is 5.92 Å². The van der Waals surface area contributed by atoms with Crippen LogP contribution in [0.5, 0.6) is 0 Å². The molecule has 0 aromatic heterocycles. The summed E-state index contributed by atoms with van der Waals surface area (Å²) in [7, 11) is 1.26. The first kappa shape index (κ1) is 16.4. The molecule has 118 valence electrons. The number of esters is 1. The van der Waals surface area contributed by atoms with E-state index in [2.05, 4.69) is 10.1 Å².